The number of carbonyl (C=O) groups excluding carboxylic acids is 1. The van der Waals surface area contributed by atoms with Crippen LogP contribution in [0.2, 0.25) is 0 Å². The topological polar surface area (TPSA) is 69.0 Å². The number of nitrogens with one attached hydrogen (secondary N) is 1. The number of nitriles is 1. The Kier molecular flexibility index (Phi) is 6.05. The minimum absolute atomic E-state index is 0.201. The lowest BCUT2D eigenvalue weighted by Gasteiger charge is -2.33. The van der Waals surface area contributed by atoms with E-state index in [9.17, 15) is 4.79 Å². The first-order valence-electron chi connectivity index (χ1n) is 10.3. The molecule has 2 heterocycles. The number of pyridine rings is 1. The number of hydrogen-bond acceptors (Lipinski definition) is 4. The van der Waals surface area contributed by atoms with Crippen LogP contribution < -0.4 is 10.2 Å². The maximum atomic E-state index is 12.7. The summed E-state index contributed by atoms with van der Waals surface area (Å²) < 4.78 is 0. The van der Waals surface area contributed by atoms with Crippen LogP contribution in [0.1, 0.15) is 34.3 Å². The van der Waals surface area contributed by atoms with Crippen molar-refractivity contribution in [2.24, 2.45) is 5.92 Å². The highest BCUT2D eigenvalue weighted by Gasteiger charge is 2.21. The quantitative estimate of drug-likeness (QED) is 0.681. The molecule has 1 aliphatic rings. The molecule has 1 amide bonds. The second-order valence-electron chi connectivity index (χ2n) is 7.67. The van der Waals surface area contributed by atoms with Gasteiger partial charge in [0.1, 0.15) is 5.82 Å². The molecule has 1 saturated heterocycles. The molecule has 5 nitrogen and oxygen atoms in total. The van der Waals surface area contributed by atoms with Gasteiger partial charge in [0.15, 0.2) is 0 Å². The van der Waals surface area contributed by atoms with Crippen LogP contribution in [-0.2, 0) is 6.42 Å². The Morgan fingerprint density at radius 2 is 1.87 bits per heavy atom. The third-order valence-corrected chi connectivity index (χ3v) is 5.56. The summed E-state index contributed by atoms with van der Waals surface area (Å²) in [5.41, 5.74) is 3.09. The summed E-state index contributed by atoms with van der Waals surface area (Å²) in [7, 11) is 0. The maximum Gasteiger partial charge on any atom is 0.255 e. The number of piperidine rings is 1. The molecule has 0 unspecified atom stereocenters. The Bertz CT molecular complexity index is 1050. The average molecular weight is 396 g/mol. The molecule has 4 rings (SSSR count). The predicted octanol–water partition coefficient (Wildman–Crippen LogP) is 4.66. The zero-order valence-electron chi connectivity index (χ0n) is 16.8. The highest BCUT2D eigenvalue weighted by atomic mass is 16.1. The molecule has 150 valence electrons. The zero-order valence-corrected chi connectivity index (χ0v) is 16.8. The molecule has 0 saturated carbocycles. The zero-order chi connectivity index (χ0) is 20.8. The molecule has 5 heteroatoms. The standard InChI is InChI=1S/C25H24N4O/c26-18-21-7-4-8-23(16-21)28-25(30)22-9-12-27-24(17-22)29-13-10-20(11-14-29)15-19-5-2-1-3-6-19/h1-9,12,16-17,20H,10-11,13-15H2,(H,28,30). The summed E-state index contributed by atoms with van der Waals surface area (Å²) in [6, 6.07) is 23.2. The number of amides is 1. The van der Waals surface area contributed by atoms with E-state index in [-0.39, 0.29) is 5.91 Å². The van der Waals surface area contributed by atoms with Crippen molar-refractivity contribution in [2.45, 2.75) is 19.3 Å². The van der Waals surface area contributed by atoms with Crippen molar-refractivity contribution in [1.29, 1.82) is 5.26 Å². The first-order chi connectivity index (χ1) is 14.7. The van der Waals surface area contributed by atoms with Gasteiger partial charge >= 0.3 is 0 Å². The highest BCUT2D eigenvalue weighted by molar-refractivity contribution is 6.04. The molecule has 2 aromatic carbocycles. The molecule has 1 aliphatic heterocycles. The van der Waals surface area contributed by atoms with Crippen molar-refractivity contribution in [1.82, 2.24) is 4.98 Å². The molecular formula is C25H24N4O. The molecule has 1 aromatic heterocycles. The third-order valence-electron chi connectivity index (χ3n) is 5.56. The Hall–Kier alpha value is -3.65. The van der Waals surface area contributed by atoms with Crippen LogP contribution in [0.15, 0.2) is 72.9 Å². The highest BCUT2D eigenvalue weighted by Crippen LogP contribution is 2.25. The van der Waals surface area contributed by atoms with Crippen LogP contribution in [0.5, 0.6) is 0 Å². The molecule has 0 spiro atoms. The molecule has 3 aromatic rings. The Morgan fingerprint density at radius 3 is 2.63 bits per heavy atom. The van der Waals surface area contributed by atoms with Crippen LogP contribution >= 0.6 is 0 Å². The van der Waals surface area contributed by atoms with E-state index in [0.29, 0.717) is 22.7 Å². The van der Waals surface area contributed by atoms with Gasteiger partial charge < -0.3 is 10.2 Å². The van der Waals surface area contributed by atoms with E-state index in [1.165, 1.54) is 5.56 Å². The summed E-state index contributed by atoms with van der Waals surface area (Å²) in [5, 5.41) is 11.9. The fourth-order valence-electron chi connectivity index (χ4n) is 3.92. The Balaban J connectivity index is 1.37. The molecular weight excluding hydrogens is 372 g/mol. The van der Waals surface area contributed by atoms with Gasteiger partial charge in [-0.05, 0) is 61.1 Å². The van der Waals surface area contributed by atoms with E-state index in [4.69, 9.17) is 5.26 Å². The van der Waals surface area contributed by atoms with Gasteiger partial charge in [-0.3, -0.25) is 4.79 Å². The van der Waals surface area contributed by atoms with Gasteiger partial charge in [0, 0.05) is 30.5 Å². The van der Waals surface area contributed by atoms with Crippen LogP contribution in [0.3, 0.4) is 0 Å². The number of benzene rings is 2. The molecule has 0 bridgehead atoms. The largest absolute Gasteiger partial charge is 0.357 e. The predicted molar refractivity (Wildman–Crippen MR) is 118 cm³/mol. The van der Waals surface area contributed by atoms with E-state index >= 15 is 0 Å². The van der Waals surface area contributed by atoms with Crippen LogP contribution in [-0.4, -0.2) is 24.0 Å². The molecule has 0 atom stereocenters. The van der Waals surface area contributed by atoms with Gasteiger partial charge in [0.2, 0.25) is 0 Å². The summed E-state index contributed by atoms with van der Waals surface area (Å²) in [4.78, 5) is 19.4. The van der Waals surface area contributed by atoms with E-state index in [2.05, 4.69) is 51.6 Å². The fraction of sp³-hybridized carbons (Fsp3) is 0.240. The van der Waals surface area contributed by atoms with Crippen LogP contribution in [0.25, 0.3) is 0 Å². The number of carbonyl (C=O) groups is 1. The third kappa shape index (κ3) is 4.84. The van der Waals surface area contributed by atoms with Crippen molar-refractivity contribution in [3.63, 3.8) is 0 Å². The summed E-state index contributed by atoms with van der Waals surface area (Å²) in [5.74, 6) is 1.32. The molecule has 30 heavy (non-hydrogen) atoms. The first-order valence-corrected chi connectivity index (χ1v) is 10.3. The van der Waals surface area contributed by atoms with Gasteiger partial charge in [-0.25, -0.2) is 4.98 Å². The van der Waals surface area contributed by atoms with Crippen LogP contribution in [0, 0.1) is 17.2 Å². The van der Waals surface area contributed by atoms with Crippen molar-refractivity contribution in [3.05, 3.63) is 89.6 Å². The number of aromatic nitrogens is 1. The maximum absolute atomic E-state index is 12.7. The second-order valence-corrected chi connectivity index (χ2v) is 7.67. The first kappa shape index (κ1) is 19.7. The number of nitrogens with zero attached hydrogens (tertiary/aromatic N) is 3. The monoisotopic (exact) mass is 396 g/mol. The second kappa shape index (κ2) is 9.23. The molecule has 1 fully saturated rings. The summed E-state index contributed by atoms with van der Waals surface area (Å²) in [6.07, 6.45) is 5.04. The smallest absolute Gasteiger partial charge is 0.255 e. The lowest BCUT2D eigenvalue weighted by atomic mass is 9.90. The lowest BCUT2D eigenvalue weighted by molar-refractivity contribution is 0.102. The molecule has 0 aliphatic carbocycles. The lowest BCUT2D eigenvalue weighted by Crippen LogP contribution is -2.35. The molecule has 0 radical (unpaired) electrons. The van der Waals surface area contributed by atoms with Gasteiger partial charge in [-0.15, -0.1) is 0 Å². The van der Waals surface area contributed by atoms with Gasteiger partial charge in [0.05, 0.1) is 11.6 Å². The van der Waals surface area contributed by atoms with Crippen molar-refractivity contribution >= 4 is 17.4 Å². The minimum Gasteiger partial charge on any atom is -0.357 e. The minimum atomic E-state index is -0.201. The van der Waals surface area contributed by atoms with Gasteiger partial charge in [-0.2, -0.15) is 5.26 Å². The Labute approximate surface area is 177 Å². The SMILES string of the molecule is N#Cc1cccc(NC(=O)c2ccnc(N3CCC(Cc4ccccc4)CC3)c2)c1. The van der Waals surface area contributed by atoms with Crippen molar-refractivity contribution in [3.8, 4) is 6.07 Å². The van der Waals surface area contributed by atoms with Gasteiger partial charge in [0.25, 0.3) is 5.91 Å². The number of rotatable bonds is 5. The number of anilines is 2. The van der Waals surface area contributed by atoms with Crippen molar-refractivity contribution < 1.29 is 4.79 Å². The van der Waals surface area contributed by atoms with Crippen molar-refractivity contribution in [2.75, 3.05) is 23.3 Å². The normalized spacial score (nSPS) is 14.2. The fourth-order valence-corrected chi connectivity index (χ4v) is 3.92. The summed E-state index contributed by atoms with van der Waals surface area (Å²) in [6.45, 7) is 1.89. The average Bonchev–Trinajstić information content (AvgIpc) is 2.80. The van der Waals surface area contributed by atoms with Crippen LogP contribution in [0.4, 0.5) is 11.5 Å². The van der Waals surface area contributed by atoms with E-state index in [1.807, 2.05) is 6.07 Å². The van der Waals surface area contributed by atoms with Gasteiger partial charge in [-0.1, -0.05) is 36.4 Å². The van der Waals surface area contributed by atoms with E-state index < -0.39 is 0 Å². The molecule has 1 N–H and O–H groups in total. The Morgan fingerprint density at radius 1 is 1.07 bits per heavy atom. The van der Waals surface area contributed by atoms with E-state index in [0.717, 1.165) is 38.2 Å². The summed E-state index contributed by atoms with van der Waals surface area (Å²) >= 11 is 0. The van der Waals surface area contributed by atoms with E-state index in [1.54, 1.807) is 36.5 Å². The number of hydrogen-bond donors (Lipinski definition) is 1.